The van der Waals surface area contributed by atoms with Gasteiger partial charge in [0, 0.05) is 12.6 Å². The van der Waals surface area contributed by atoms with Crippen molar-refractivity contribution in [2.45, 2.75) is 64.6 Å². The standard InChI is InChI=1S/C24H30N2O2/c1-18-10-6-7-13-21(18)16-23(27)26(17-20-11-4-3-5-12-20)19(2)24(28)25-22-14-8-9-15-22/h3-7,10-13,19,22H,8-9,14-17H2,1-2H3,(H,25,28)/t19-/m0/s1. The van der Waals surface area contributed by atoms with Gasteiger partial charge in [0.1, 0.15) is 6.04 Å². The maximum atomic E-state index is 13.2. The van der Waals surface area contributed by atoms with Gasteiger partial charge in [-0.3, -0.25) is 9.59 Å². The molecule has 2 aromatic carbocycles. The van der Waals surface area contributed by atoms with Crippen molar-refractivity contribution < 1.29 is 9.59 Å². The third-order valence-corrected chi connectivity index (χ3v) is 5.67. The zero-order chi connectivity index (χ0) is 19.9. The SMILES string of the molecule is Cc1ccccc1CC(=O)N(Cc1ccccc1)[C@@H](C)C(=O)NC1CCCC1. The highest BCUT2D eigenvalue weighted by molar-refractivity contribution is 5.88. The number of nitrogens with zero attached hydrogens (tertiary/aromatic N) is 1. The lowest BCUT2D eigenvalue weighted by molar-refractivity contribution is -0.140. The Morgan fingerprint density at radius 3 is 2.36 bits per heavy atom. The van der Waals surface area contributed by atoms with E-state index in [0.29, 0.717) is 13.0 Å². The molecule has 0 aromatic heterocycles. The molecule has 0 radical (unpaired) electrons. The molecule has 1 aliphatic rings. The lowest BCUT2D eigenvalue weighted by atomic mass is 10.0. The summed E-state index contributed by atoms with van der Waals surface area (Å²) >= 11 is 0. The second-order valence-electron chi connectivity index (χ2n) is 7.78. The monoisotopic (exact) mass is 378 g/mol. The summed E-state index contributed by atoms with van der Waals surface area (Å²) in [5.41, 5.74) is 3.13. The molecule has 1 saturated carbocycles. The Morgan fingerprint density at radius 2 is 1.68 bits per heavy atom. The normalized spacial score (nSPS) is 15.2. The van der Waals surface area contributed by atoms with E-state index < -0.39 is 6.04 Å². The molecule has 0 bridgehead atoms. The summed E-state index contributed by atoms with van der Waals surface area (Å²) in [6.45, 7) is 4.29. The van der Waals surface area contributed by atoms with Gasteiger partial charge in [0.25, 0.3) is 0 Å². The zero-order valence-corrected chi connectivity index (χ0v) is 16.9. The largest absolute Gasteiger partial charge is 0.352 e. The second kappa shape index (κ2) is 9.54. The first-order valence-electron chi connectivity index (χ1n) is 10.2. The fraction of sp³-hybridized carbons (Fsp3) is 0.417. The minimum atomic E-state index is -0.502. The van der Waals surface area contributed by atoms with E-state index in [1.807, 2.05) is 68.4 Å². The molecule has 0 heterocycles. The van der Waals surface area contributed by atoms with Crippen LogP contribution >= 0.6 is 0 Å². The Labute approximate surface area is 167 Å². The molecule has 2 amide bonds. The summed E-state index contributed by atoms with van der Waals surface area (Å²) < 4.78 is 0. The Balaban J connectivity index is 1.76. The van der Waals surface area contributed by atoms with Gasteiger partial charge >= 0.3 is 0 Å². The Kier molecular flexibility index (Phi) is 6.85. The maximum absolute atomic E-state index is 13.2. The molecule has 28 heavy (non-hydrogen) atoms. The van der Waals surface area contributed by atoms with Crippen LogP contribution in [0.25, 0.3) is 0 Å². The number of benzene rings is 2. The summed E-state index contributed by atoms with van der Waals surface area (Å²) in [7, 11) is 0. The molecule has 148 valence electrons. The van der Waals surface area contributed by atoms with Crippen LogP contribution in [-0.4, -0.2) is 28.8 Å². The quantitative estimate of drug-likeness (QED) is 0.791. The Hall–Kier alpha value is -2.62. The van der Waals surface area contributed by atoms with E-state index in [-0.39, 0.29) is 17.9 Å². The van der Waals surface area contributed by atoms with Gasteiger partial charge in [-0.25, -0.2) is 0 Å². The van der Waals surface area contributed by atoms with Crippen LogP contribution in [0.2, 0.25) is 0 Å². The highest BCUT2D eigenvalue weighted by Crippen LogP contribution is 2.19. The van der Waals surface area contributed by atoms with Crippen molar-refractivity contribution in [1.29, 1.82) is 0 Å². The van der Waals surface area contributed by atoms with Crippen LogP contribution in [0.4, 0.5) is 0 Å². The van der Waals surface area contributed by atoms with Crippen LogP contribution in [0.15, 0.2) is 54.6 Å². The molecular weight excluding hydrogens is 348 g/mol. The molecule has 0 saturated heterocycles. The van der Waals surface area contributed by atoms with Gasteiger partial charge in [-0.05, 0) is 43.4 Å². The average Bonchev–Trinajstić information content (AvgIpc) is 3.21. The predicted molar refractivity (Wildman–Crippen MR) is 112 cm³/mol. The van der Waals surface area contributed by atoms with Crippen molar-refractivity contribution in [3.05, 3.63) is 71.3 Å². The van der Waals surface area contributed by atoms with E-state index >= 15 is 0 Å². The van der Waals surface area contributed by atoms with Crippen molar-refractivity contribution in [2.75, 3.05) is 0 Å². The van der Waals surface area contributed by atoms with Crippen LogP contribution < -0.4 is 5.32 Å². The van der Waals surface area contributed by atoms with Gasteiger partial charge < -0.3 is 10.2 Å². The molecule has 4 nitrogen and oxygen atoms in total. The number of amides is 2. The van der Waals surface area contributed by atoms with Crippen molar-refractivity contribution >= 4 is 11.8 Å². The minimum absolute atomic E-state index is 0.0211. The summed E-state index contributed by atoms with van der Waals surface area (Å²) in [5, 5.41) is 3.14. The van der Waals surface area contributed by atoms with E-state index in [9.17, 15) is 9.59 Å². The maximum Gasteiger partial charge on any atom is 0.242 e. The van der Waals surface area contributed by atoms with Crippen molar-refractivity contribution in [3.63, 3.8) is 0 Å². The number of carbonyl (C=O) groups is 2. The summed E-state index contributed by atoms with van der Waals surface area (Å²) in [6.07, 6.45) is 4.71. The predicted octanol–water partition coefficient (Wildman–Crippen LogP) is 4.01. The summed E-state index contributed by atoms with van der Waals surface area (Å²) in [6, 6.07) is 17.5. The first-order chi connectivity index (χ1) is 13.5. The van der Waals surface area contributed by atoms with Gasteiger partial charge in [0.05, 0.1) is 6.42 Å². The number of hydrogen-bond acceptors (Lipinski definition) is 2. The van der Waals surface area contributed by atoms with Crippen LogP contribution in [0.5, 0.6) is 0 Å². The molecule has 1 aliphatic carbocycles. The van der Waals surface area contributed by atoms with E-state index in [1.54, 1.807) is 4.90 Å². The highest BCUT2D eigenvalue weighted by atomic mass is 16.2. The summed E-state index contributed by atoms with van der Waals surface area (Å²) in [4.78, 5) is 27.8. The van der Waals surface area contributed by atoms with Crippen molar-refractivity contribution in [2.24, 2.45) is 0 Å². The molecule has 1 fully saturated rings. The summed E-state index contributed by atoms with van der Waals surface area (Å²) in [5.74, 6) is -0.0758. The van der Waals surface area contributed by atoms with E-state index in [0.717, 1.165) is 29.5 Å². The van der Waals surface area contributed by atoms with Gasteiger partial charge in [0.2, 0.25) is 11.8 Å². The molecule has 1 N–H and O–H groups in total. The third kappa shape index (κ3) is 5.22. The van der Waals surface area contributed by atoms with Crippen molar-refractivity contribution in [3.8, 4) is 0 Å². The fourth-order valence-corrected chi connectivity index (χ4v) is 3.83. The zero-order valence-electron chi connectivity index (χ0n) is 16.9. The van der Waals surface area contributed by atoms with Gasteiger partial charge in [-0.1, -0.05) is 67.4 Å². The fourth-order valence-electron chi connectivity index (χ4n) is 3.83. The molecule has 1 atom stereocenters. The molecule has 0 spiro atoms. The number of carbonyl (C=O) groups excluding carboxylic acids is 2. The van der Waals surface area contributed by atoms with Gasteiger partial charge in [-0.15, -0.1) is 0 Å². The third-order valence-electron chi connectivity index (χ3n) is 5.67. The van der Waals surface area contributed by atoms with E-state index in [2.05, 4.69) is 5.32 Å². The number of aryl methyl sites for hydroxylation is 1. The highest BCUT2D eigenvalue weighted by Gasteiger charge is 2.28. The molecule has 2 aromatic rings. The first-order valence-corrected chi connectivity index (χ1v) is 10.2. The van der Waals surface area contributed by atoms with Gasteiger partial charge in [-0.2, -0.15) is 0 Å². The van der Waals surface area contributed by atoms with E-state index in [4.69, 9.17) is 0 Å². The number of rotatable bonds is 7. The average molecular weight is 379 g/mol. The van der Waals surface area contributed by atoms with E-state index in [1.165, 1.54) is 12.8 Å². The van der Waals surface area contributed by atoms with Crippen LogP contribution in [0.1, 0.15) is 49.3 Å². The topological polar surface area (TPSA) is 49.4 Å². The lowest BCUT2D eigenvalue weighted by Crippen LogP contribution is -2.50. The number of hydrogen-bond donors (Lipinski definition) is 1. The Morgan fingerprint density at radius 1 is 1.04 bits per heavy atom. The smallest absolute Gasteiger partial charge is 0.242 e. The first kappa shape index (κ1) is 20.1. The van der Waals surface area contributed by atoms with Crippen LogP contribution in [0, 0.1) is 6.92 Å². The van der Waals surface area contributed by atoms with Crippen LogP contribution in [0.3, 0.4) is 0 Å². The number of nitrogens with one attached hydrogen (secondary N) is 1. The Bertz CT molecular complexity index is 797. The van der Waals surface area contributed by atoms with Crippen molar-refractivity contribution in [1.82, 2.24) is 10.2 Å². The molecule has 0 aliphatic heterocycles. The molecule has 0 unspecified atom stereocenters. The van der Waals surface area contributed by atoms with Crippen LogP contribution in [-0.2, 0) is 22.6 Å². The molecular formula is C24H30N2O2. The molecule has 4 heteroatoms. The van der Waals surface area contributed by atoms with Gasteiger partial charge in [0.15, 0.2) is 0 Å². The second-order valence-corrected chi connectivity index (χ2v) is 7.78. The minimum Gasteiger partial charge on any atom is -0.352 e. The lowest BCUT2D eigenvalue weighted by Gasteiger charge is -2.30. The molecule has 3 rings (SSSR count).